The third-order valence-electron chi connectivity index (χ3n) is 5.17. The van der Waals surface area contributed by atoms with E-state index in [1.165, 1.54) is 27.0 Å². The third-order valence-corrected chi connectivity index (χ3v) is 6.40. The van der Waals surface area contributed by atoms with E-state index in [0.29, 0.717) is 13.0 Å². The largest absolute Gasteiger partial charge is 0.309 e. The highest BCUT2D eigenvalue weighted by atomic mass is 32.1. The number of anilines is 1. The zero-order chi connectivity index (χ0) is 21.1. The van der Waals surface area contributed by atoms with Crippen LogP contribution in [0, 0.1) is 27.7 Å². The van der Waals surface area contributed by atoms with Crippen LogP contribution < -0.4 is 4.90 Å². The molecule has 0 spiro atoms. The second-order valence-electron chi connectivity index (χ2n) is 8.24. The highest BCUT2D eigenvalue weighted by Gasteiger charge is 2.21. The lowest BCUT2D eigenvalue weighted by molar-refractivity contribution is -0.118. The predicted octanol–water partition coefficient (Wildman–Crippen LogP) is 5.06. The van der Waals surface area contributed by atoms with Gasteiger partial charge in [-0.2, -0.15) is 0 Å². The van der Waals surface area contributed by atoms with Gasteiger partial charge in [-0.15, -0.1) is 0 Å². The molecular weight excluding hydrogens is 378 g/mol. The summed E-state index contributed by atoms with van der Waals surface area (Å²) < 4.78 is 1.17. The van der Waals surface area contributed by atoms with Gasteiger partial charge in [0.15, 0.2) is 5.13 Å². The minimum atomic E-state index is 0.115. The van der Waals surface area contributed by atoms with E-state index in [1.54, 1.807) is 11.3 Å². The molecular formula is C24H31N3OS. The van der Waals surface area contributed by atoms with Crippen molar-refractivity contribution in [2.75, 3.05) is 32.1 Å². The van der Waals surface area contributed by atoms with Crippen LogP contribution in [0.25, 0.3) is 10.2 Å². The molecule has 0 aliphatic carbocycles. The quantitative estimate of drug-likeness (QED) is 0.547. The number of hydrogen-bond acceptors (Lipinski definition) is 4. The number of carbonyl (C=O) groups excluding carboxylic acids is 1. The van der Waals surface area contributed by atoms with E-state index in [0.717, 1.165) is 29.2 Å². The van der Waals surface area contributed by atoms with Gasteiger partial charge in [0.25, 0.3) is 0 Å². The fraction of sp³-hybridized carbons (Fsp3) is 0.417. The fourth-order valence-electron chi connectivity index (χ4n) is 3.65. The van der Waals surface area contributed by atoms with E-state index in [2.05, 4.69) is 77.0 Å². The zero-order valence-corrected chi connectivity index (χ0v) is 19.2. The van der Waals surface area contributed by atoms with Crippen molar-refractivity contribution in [2.45, 2.75) is 40.5 Å². The summed E-state index contributed by atoms with van der Waals surface area (Å²) in [5.41, 5.74) is 6.89. The van der Waals surface area contributed by atoms with Gasteiger partial charge in [-0.1, -0.05) is 41.2 Å². The number of carbonyl (C=O) groups is 1. The molecule has 1 amide bonds. The van der Waals surface area contributed by atoms with Crippen LogP contribution in [0.15, 0.2) is 30.3 Å². The molecule has 1 aromatic heterocycles. The summed E-state index contributed by atoms with van der Waals surface area (Å²) >= 11 is 1.63. The molecule has 0 radical (unpaired) electrons. The van der Waals surface area contributed by atoms with Crippen molar-refractivity contribution in [1.29, 1.82) is 0 Å². The summed E-state index contributed by atoms with van der Waals surface area (Å²) in [5, 5.41) is 0.808. The Hall–Kier alpha value is -2.24. The SMILES string of the molecule is Cc1ccc(CC(=O)N(CCCN(C)C)c2nc3cc(C)cc(C)c3s2)c(C)c1. The minimum absolute atomic E-state index is 0.115. The molecule has 0 N–H and O–H groups in total. The Labute approximate surface area is 178 Å². The van der Waals surface area contributed by atoms with E-state index in [4.69, 9.17) is 4.98 Å². The van der Waals surface area contributed by atoms with E-state index >= 15 is 0 Å². The molecule has 3 rings (SSSR count). The standard InChI is InChI=1S/C24H31N3OS/c1-16-8-9-20(18(3)12-16)15-22(28)27(11-7-10-26(5)6)24-25-21-14-17(2)13-19(4)23(21)29-24/h8-9,12-14H,7,10-11,15H2,1-6H3. The van der Waals surface area contributed by atoms with Crippen molar-refractivity contribution in [1.82, 2.24) is 9.88 Å². The highest BCUT2D eigenvalue weighted by Crippen LogP contribution is 2.32. The number of hydrogen-bond donors (Lipinski definition) is 0. The average molecular weight is 410 g/mol. The van der Waals surface area contributed by atoms with Gasteiger partial charge in [0.1, 0.15) is 0 Å². The lowest BCUT2D eigenvalue weighted by Gasteiger charge is -2.21. The molecule has 1 heterocycles. The molecule has 154 valence electrons. The lowest BCUT2D eigenvalue weighted by atomic mass is 10.0. The maximum absolute atomic E-state index is 13.3. The first-order chi connectivity index (χ1) is 13.7. The monoisotopic (exact) mass is 409 g/mol. The number of amides is 1. The average Bonchev–Trinajstić information content (AvgIpc) is 3.04. The molecule has 29 heavy (non-hydrogen) atoms. The van der Waals surface area contributed by atoms with E-state index in [9.17, 15) is 4.79 Å². The second-order valence-corrected chi connectivity index (χ2v) is 9.21. The van der Waals surface area contributed by atoms with Crippen LogP contribution in [0.1, 0.15) is 34.2 Å². The summed E-state index contributed by atoms with van der Waals surface area (Å²) in [6, 6.07) is 10.6. The van der Waals surface area contributed by atoms with Gasteiger partial charge in [-0.05, 0) is 83.1 Å². The summed E-state index contributed by atoms with van der Waals surface area (Å²) in [6.07, 6.45) is 1.32. The van der Waals surface area contributed by atoms with Crippen molar-refractivity contribution >= 4 is 32.6 Å². The first kappa shape index (κ1) is 21.5. The van der Waals surface area contributed by atoms with Crippen LogP contribution in [-0.4, -0.2) is 43.0 Å². The number of benzene rings is 2. The number of fused-ring (bicyclic) bond motifs is 1. The number of aryl methyl sites for hydroxylation is 4. The normalized spacial score (nSPS) is 11.4. The Balaban J connectivity index is 1.91. The summed E-state index contributed by atoms with van der Waals surface area (Å²) in [4.78, 5) is 22.2. The van der Waals surface area contributed by atoms with Gasteiger partial charge in [-0.25, -0.2) is 4.98 Å². The van der Waals surface area contributed by atoms with Crippen LogP contribution in [0.4, 0.5) is 5.13 Å². The summed E-state index contributed by atoms with van der Waals surface area (Å²) in [5.74, 6) is 0.115. The van der Waals surface area contributed by atoms with Crippen LogP contribution in [-0.2, 0) is 11.2 Å². The zero-order valence-electron chi connectivity index (χ0n) is 18.4. The van der Waals surface area contributed by atoms with Gasteiger partial charge in [0.2, 0.25) is 5.91 Å². The number of rotatable bonds is 7. The van der Waals surface area contributed by atoms with Crippen molar-refractivity contribution in [3.05, 3.63) is 58.1 Å². The predicted molar refractivity (Wildman–Crippen MR) is 124 cm³/mol. The molecule has 5 heteroatoms. The van der Waals surface area contributed by atoms with E-state index < -0.39 is 0 Å². The Morgan fingerprint density at radius 3 is 2.38 bits per heavy atom. The molecule has 0 unspecified atom stereocenters. The summed E-state index contributed by atoms with van der Waals surface area (Å²) in [6.45, 7) is 9.99. The smallest absolute Gasteiger partial charge is 0.233 e. The molecule has 2 aromatic carbocycles. The Morgan fingerprint density at radius 2 is 1.69 bits per heavy atom. The number of nitrogens with zero attached hydrogens (tertiary/aromatic N) is 3. The maximum atomic E-state index is 13.3. The molecule has 0 aliphatic rings. The van der Waals surface area contributed by atoms with Crippen molar-refractivity contribution < 1.29 is 4.79 Å². The van der Waals surface area contributed by atoms with Crippen LogP contribution in [0.3, 0.4) is 0 Å². The Bertz CT molecular complexity index is 1020. The second kappa shape index (κ2) is 9.06. The van der Waals surface area contributed by atoms with Gasteiger partial charge in [0.05, 0.1) is 16.6 Å². The first-order valence-corrected chi connectivity index (χ1v) is 11.0. The molecule has 0 atom stereocenters. The van der Waals surface area contributed by atoms with Gasteiger partial charge in [-0.3, -0.25) is 9.69 Å². The molecule has 0 saturated carbocycles. The Morgan fingerprint density at radius 1 is 0.966 bits per heavy atom. The van der Waals surface area contributed by atoms with Gasteiger partial charge >= 0.3 is 0 Å². The van der Waals surface area contributed by atoms with Crippen LogP contribution >= 0.6 is 11.3 Å². The number of thiazole rings is 1. The fourth-order valence-corrected chi connectivity index (χ4v) is 4.71. The Kier molecular flexibility index (Phi) is 6.70. The molecule has 4 nitrogen and oxygen atoms in total. The molecule has 3 aromatic rings. The molecule has 0 saturated heterocycles. The highest BCUT2D eigenvalue weighted by molar-refractivity contribution is 7.22. The minimum Gasteiger partial charge on any atom is -0.309 e. The third kappa shape index (κ3) is 5.22. The van der Waals surface area contributed by atoms with E-state index in [1.807, 2.05) is 4.90 Å². The van der Waals surface area contributed by atoms with Crippen LogP contribution in [0.5, 0.6) is 0 Å². The lowest BCUT2D eigenvalue weighted by Crippen LogP contribution is -2.34. The van der Waals surface area contributed by atoms with Crippen molar-refractivity contribution in [3.8, 4) is 0 Å². The number of aromatic nitrogens is 1. The topological polar surface area (TPSA) is 36.4 Å². The maximum Gasteiger partial charge on any atom is 0.233 e. The first-order valence-electron chi connectivity index (χ1n) is 10.1. The van der Waals surface area contributed by atoms with Gasteiger partial charge < -0.3 is 4.90 Å². The molecule has 0 aliphatic heterocycles. The van der Waals surface area contributed by atoms with Crippen molar-refractivity contribution in [3.63, 3.8) is 0 Å². The van der Waals surface area contributed by atoms with Crippen LogP contribution in [0.2, 0.25) is 0 Å². The van der Waals surface area contributed by atoms with E-state index in [-0.39, 0.29) is 5.91 Å². The van der Waals surface area contributed by atoms with Crippen molar-refractivity contribution in [2.24, 2.45) is 0 Å². The molecule has 0 fully saturated rings. The van der Waals surface area contributed by atoms with Gasteiger partial charge in [0, 0.05) is 6.54 Å². The summed E-state index contributed by atoms with van der Waals surface area (Å²) in [7, 11) is 4.12. The molecule has 0 bridgehead atoms.